The Hall–Kier alpha value is -1.44. The molecule has 2 atom stereocenters. The maximum Gasteiger partial charge on any atom is 0.243 e. The second-order valence-corrected chi connectivity index (χ2v) is 7.24. The zero-order chi connectivity index (χ0) is 16.4. The van der Waals surface area contributed by atoms with Gasteiger partial charge in [-0.3, -0.25) is 14.5 Å². The van der Waals surface area contributed by atoms with Gasteiger partial charge >= 0.3 is 0 Å². The molecule has 0 aliphatic carbocycles. The Morgan fingerprint density at radius 2 is 2.30 bits per heavy atom. The van der Waals surface area contributed by atoms with Crippen LogP contribution in [0.5, 0.6) is 0 Å². The second kappa shape index (κ2) is 6.98. The number of primary amides is 1. The van der Waals surface area contributed by atoms with E-state index in [-0.39, 0.29) is 24.7 Å². The molecule has 0 saturated carbocycles. The van der Waals surface area contributed by atoms with Gasteiger partial charge in [0.15, 0.2) is 0 Å². The van der Waals surface area contributed by atoms with Crippen molar-refractivity contribution in [2.24, 2.45) is 5.73 Å². The first kappa shape index (κ1) is 16.4. The number of ether oxygens (including phenoxy) is 1. The molecule has 0 aromatic carbocycles. The van der Waals surface area contributed by atoms with Crippen LogP contribution in [-0.4, -0.2) is 60.0 Å². The molecular formula is C16H23N3O3S. The number of rotatable bonds is 5. The summed E-state index contributed by atoms with van der Waals surface area (Å²) < 4.78 is 5.47. The minimum absolute atomic E-state index is 0.0115. The topological polar surface area (TPSA) is 75.9 Å². The lowest BCUT2D eigenvalue weighted by Crippen LogP contribution is -2.48. The van der Waals surface area contributed by atoms with Gasteiger partial charge in [0.25, 0.3) is 0 Å². The summed E-state index contributed by atoms with van der Waals surface area (Å²) >= 11 is 1.78. The molecule has 0 spiro atoms. The van der Waals surface area contributed by atoms with Crippen LogP contribution in [0.2, 0.25) is 0 Å². The van der Waals surface area contributed by atoms with Gasteiger partial charge in [-0.05, 0) is 36.8 Å². The molecule has 126 valence electrons. The van der Waals surface area contributed by atoms with E-state index in [0.717, 1.165) is 32.5 Å². The summed E-state index contributed by atoms with van der Waals surface area (Å²) in [5.74, 6) is -0.273. The van der Waals surface area contributed by atoms with Crippen LogP contribution in [0.15, 0.2) is 11.4 Å². The third kappa shape index (κ3) is 3.73. The number of hydrogen-bond donors (Lipinski definition) is 1. The van der Waals surface area contributed by atoms with E-state index in [1.54, 1.807) is 11.3 Å². The number of likely N-dealkylation sites (tertiary alicyclic amines) is 1. The quantitative estimate of drug-likeness (QED) is 0.854. The number of carbonyl (C=O) groups is 2. The van der Waals surface area contributed by atoms with Gasteiger partial charge in [-0.15, -0.1) is 11.3 Å². The Morgan fingerprint density at radius 1 is 1.48 bits per heavy atom. The molecule has 2 amide bonds. The van der Waals surface area contributed by atoms with Gasteiger partial charge in [0.2, 0.25) is 11.8 Å². The third-order valence-corrected chi connectivity index (χ3v) is 5.69. The van der Waals surface area contributed by atoms with Crippen molar-refractivity contribution in [1.82, 2.24) is 9.80 Å². The van der Waals surface area contributed by atoms with Gasteiger partial charge in [0, 0.05) is 31.1 Å². The number of thiophene rings is 1. The minimum atomic E-state index is -0.451. The van der Waals surface area contributed by atoms with E-state index in [1.165, 1.54) is 10.4 Å². The number of amides is 2. The summed E-state index contributed by atoms with van der Waals surface area (Å²) in [6.45, 7) is 4.92. The van der Waals surface area contributed by atoms with Gasteiger partial charge in [-0.2, -0.15) is 0 Å². The van der Waals surface area contributed by atoms with E-state index in [0.29, 0.717) is 6.54 Å². The molecule has 0 radical (unpaired) electrons. The zero-order valence-corrected chi connectivity index (χ0v) is 14.2. The number of fused-ring (bicyclic) bond motifs is 1. The molecule has 2 aliphatic heterocycles. The fraction of sp³-hybridized carbons (Fsp3) is 0.625. The van der Waals surface area contributed by atoms with Crippen LogP contribution in [0.3, 0.4) is 0 Å². The summed E-state index contributed by atoms with van der Waals surface area (Å²) in [6.07, 6.45) is 1.78. The van der Waals surface area contributed by atoms with Crippen LogP contribution in [0.4, 0.5) is 0 Å². The van der Waals surface area contributed by atoms with Crippen molar-refractivity contribution in [3.63, 3.8) is 0 Å². The average molecular weight is 337 g/mol. The summed E-state index contributed by atoms with van der Waals surface area (Å²) in [6, 6.07) is 1.96. The first-order valence-corrected chi connectivity index (χ1v) is 8.90. The van der Waals surface area contributed by atoms with E-state index in [4.69, 9.17) is 10.5 Å². The van der Waals surface area contributed by atoms with Crippen molar-refractivity contribution < 1.29 is 14.3 Å². The smallest absolute Gasteiger partial charge is 0.243 e. The average Bonchev–Trinajstić information content (AvgIpc) is 3.19. The molecule has 2 N–H and O–H groups in total. The largest absolute Gasteiger partial charge is 0.368 e. The van der Waals surface area contributed by atoms with E-state index in [2.05, 4.69) is 16.3 Å². The van der Waals surface area contributed by atoms with E-state index >= 15 is 0 Å². The van der Waals surface area contributed by atoms with Crippen LogP contribution >= 0.6 is 11.3 Å². The van der Waals surface area contributed by atoms with Gasteiger partial charge < -0.3 is 15.4 Å². The van der Waals surface area contributed by atoms with Gasteiger partial charge in [-0.1, -0.05) is 0 Å². The Bertz CT molecular complexity index is 589. The van der Waals surface area contributed by atoms with Crippen molar-refractivity contribution in [2.75, 3.05) is 26.2 Å². The molecule has 23 heavy (non-hydrogen) atoms. The first-order valence-electron chi connectivity index (χ1n) is 8.02. The van der Waals surface area contributed by atoms with E-state index in [9.17, 15) is 9.59 Å². The molecule has 7 heteroatoms. The number of nitrogens with zero attached hydrogens (tertiary/aromatic N) is 2. The number of nitrogens with two attached hydrogens (primary N) is 1. The summed E-state index contributed by atoms with van der Waals surface area (Å²) in [5, 5.41) is 2.10. The van der Waals surface area contributed by atoms with Gasteiger partial charge in [-0.25, -0.2) is 0 Å². The molecule has 3 heterocycles. The van der Waals surface area contributed by atoms with E-state index in [1.807, 2.05) is 11.8 Å². The Kier molecular flexibility index (Phi) is 4.99. The van der Waals surface area contributed by atoms with Crippen LogP contribution in [0.1, 0.15) is 23.8 Å². The molecule has 3 rings (SSSR count). The molecule has 1 aromatic rings. The highest BCUT2D eigenvalue weighted by molar-refractivity contribution is 7.10. The Balaban J connectivity index is 1.53. The fourth-order valence-electron chi connectivity index (χ4n) is 3.30. The second-order valence-electron chi connectivity index (χ2n) is 6.24. The van der Waals surface area contributed by atoms with Gasteiger partial charge in [0.1, 0.15) is 6.61 Å². The highest BCUT2D eigenvalue weighted by Crippen LogP contribution is 2.25. The highest BCUT2D eigenvalue weighted by Gasteiger charge is 2.33. The van der Waals surface area contributed by atoms with Crippen LogP contribution in [-0.2, 0) is 27.3 Å². The highest BCUT2D eigenvalue weighted by atomic mass is 32.1. The normalized spacial score (nSPS) is 22.8. The first-order chi connectivity index (χ1) is 11.0. The summed E-state index contributed by atoms with van der Waals surface area (Å²) in [5.41, 5.74) is 6.39. The van der Waals surface area contributed by atoms with Crippen molar-refractivity contribution >= 4 is 23.2 Å². The fourth-order valence-corrected chi connectivity index (χ4v) is 4.19. The number of carbonyl (C=O) groups excluding carboxylic acids is 2. The van der Waals surface area contributed by atoms with Crippen LogP contribution in [0.25, 0.3) is 0 Å². The van der Waals surface area contributed by atoms with Gasteiger partial charge in [0.05, 0.1) is 12.1 Å². The van der Waals surface area contributed by atoms with Crippen molar-refractivity contribution in [3.8, 4) is 0 Å². The molecule has 6 nitrogen and oxygen atoms in total. The molecule has 1 fully saturated rings. The van der Waals surface area contributed by atoms with Crippen LogP contribution < -0.4 is 5.73 Å². The summed E-state index contributed by atoms with van der Waals surface area (Å²) in [7, 11) is 0. The van der Waals surface area contributed by atoms with Crippen molar-refractivity contribution in [2.45, 2.75) is 38.5 Å². The molecule has 2 aliphatic rings. The Labute approximate surface area is 140 Å². The monoisotopic (exact) mass is 337 g/mol. The lowest BCUT2D eigenvalue weighted by atomic mass is 10.1. The molecular weight excluding hydrogens is 314 g/mol. The molecule has 1 saturated heterocycles. The third-order valence-electron chi connectivity index (χ3n) is 4.66. The predicted molar refractivity (Wildman–Crippen MR) is 88.0 cm³/mol. The lowest BCUT2D eigenvalue weighted by molar-refractivity contribution is -0.137. The SMILES string of the molecule is C[C@@H](C(=O)N1CCc2sccc2C1)N1CC[C@H](OCC(N)=O)C1. The number of hydrogen-bond acceptors (Lipinski definition) is 5. The summed E-state index contributed by atoms with van der Waals surface area (Å²) in [4.78, 5) is 29.0. The molecule has 0 bridgehead atoms. The standard InChI is InChI=1S/C16H23N3O3S/c1-11(18-5-2-13(9-18)22-10-15(17)20)16(21)19-6-3-14-12(8-19)4-7-23-14/h4,7,11,13H,2-3,5-6,8-10H2,1H3,(H2,17,20)/t11-,13-/m0/s1. The molecule has 0 unspecified atom stereocenters. The van der Waals surface area contributed by atoms with Crippen LogP contribution in [0, 0.1) is 0 Å². The Morgan fingerprint density at radius 3 is 3.09 bits per heavy atom. The maximum atomic E-state index is 12.8. The molecule has 1 aromatic heterocycles. The minimum Gasteiger partial charge on any atom is -0.368 e. The van der Waals surface area contributed by atoms with E-state index < -0.39 is 5.91 Å². The maximum absolute atomic E-state index is 12.8. The van der Waals surface area contributed by atoms with Crippen molar-refractivity contribution in [1.29, 1.82) is 0 Å². The lowest BCUT2D eigenvalue weighted by Gasteiger charge is -2.32. The zero-order valence-electron chi connectivity index (χ0n) is 13.4. The predicted octanol–water partition coefficient (Wildman–Crippen LogP) is 0.597. The van der Waals surface area contributed by atoms with Crippen molar-refractivity contribution in [3.05, 3.63) is 21.9 Å².